The van der Waals surface area contributed by atoms with E-state index in [-0.39, 0.29) is 23.2 Å². The van der Waals surface area contributed by atoms with Gasteiger partial charge < -0.3 is 4.74 Å². The number of nitrogens with two attached hydrogens (primary N) is 1. The Morgan fingerprint density at radius 2 is 2.11 bits per heavy atom. The van der Waals surface area contributed by atoms with E-state index in [1.54, 1.807) is 6.20 Å². The Morgan fingerprint density at radius 3 is 2.58 bits per heavy atom. The van der Waals surface area contributed by atoms with Gasteiger partial charge >= 0.3 is 0 Å². The lowest BCUT2D eigenvalue weighted by Crippen LogP contribution is -2.41. The monoisotopic (exact) mass is 264 g/mol. The summed E-state index contributed by atoms with van der Waals surface area (Å²) in [4.78, 5) is 8.63. The lowest BCUT2D eigenvalue weighted by molar-refractivity contribution is -0.0780. The highest BCUT2D eigenvalue weighted by Gasteiger charge is 2.49. The second-order valence-electron chi connectivity index (χ2n) is 6.45. The number of aromatic nitrogens is 2. The van der Waals surface area contributed by atoms with Gasteiger partial charge in [-0.15, -0.1) is 0 Å². The third kappa shape index (κ3) is 2.94. The molecule has 0 aromatic carbocycles. The minimum atomic E-state index is -0.237. The zero-order valence-electron chi connectivity index (χ0n) is 12.4. The van der Waals surface area contributed by atoms with Gasteiger partial charge in [-0.25, -0.2) is 9.97 Å². The maximum Gasteiger partial charge on any atom is 0.125 e. The highest BCUT2D eigenvalue weighted by atomic mass is 16.5. The van der Waals surface area contributed by atoms with Crippen molar-refractivity contribution in [2.75, 3.05) is 0 Å². The molecule has 1 aromatic heterocycles. The summed E-state index contributed by atoms with van der Waals surface area (Å²) in [7, 11) is 0. The van der Waals surface area contributed by atoms with Crippen LogP contribution in [0.25, 0.3) is 0 Å². The summed E-state index contributed by atoms with van der Waals surface area (Å²) in [6.07, 6.45) is 2.72. The molecule has 2 rings (SSSR count). The van der Waals surface area contributed by atoms with Crippen molar-refractivity contribution in [1.82, 2.24) is 15.4 Å². The Balaban J connectivity index is 2.32. The third-order valence-electron chi connectivity index (χ3n) is 3.84. The number of nitrogens with zero attached hydrogens (tertiary/aromatic N) is 2. The zero-order valence-corrected chi connectivity index (χ0v) is 12.4. The predicted octanol–water partition coefficient (Wildman–Crippen LogP) is 1.88. The molecule has 2 unspecified atom stereocenters. The van der Waals surface area contributed by atoms with E-state index in [0.717, 1.165) is 17.9 Å². The first-order valence-corrected chi connectivity index (χ1v) is 6.71. The molecule has 1 fully saturated rings. The van der Waals surface area contributed by atoms with E-state index in [0.29, 0.717) is 0 Å². The van der Waals surface area contributed by atoms with E-state index < -0.39 is 0 Å². The minimum absolute atomic E-state index is 0.0292. The van der Waals surface area contributed by atoms with Crippen LogP contribution in [0.1, 0.15) is 51.7 Å². The van der Waals surface area contributed by atoms with Gasteiger partial charge in [0, 0.05) is 12.1 Å². The van der Waals surface area contributed by atoms with Crippen LogP contribution in [0.4, 0.5) is 0 Å². The first-order chi connectivity index (χ1) is 8.75. The molecule has 0 saturated carbocycles. The molecule has 2 atom stereocenters. The van der Waals surface area contributed by atoms with Gasteiger partial charge in [-0.1, -0.05) is 0 Å². The fourth-order valence-electron chi connectivity index (χ4n) is 3.18. The molecule has 2 heterocycles. The van der Waals surface area contributed by atoms with Crippen molar-refractivity contribution in [3.63, 3.8) is 0 Å². The van der Waals surface area contributed by atoms with Crippen LogP contribution in [0.3, 0.4) is 0 Å². The molecule has 19 heavy (non-hydrogen) atoms. The summed E-state index contributed by atoms with van der Waals surface area (Å²) in [6, 6.07) is 1.89. The molecule has 0 amide bonds. The van der Waals surface area contributed by atoms with Crippen molar-refractivity contribution in [3.8, 4) is 0 Å². The molecule has 3 N–H and O–H groups in total. The lowest BCUT2D eigenvalue weighted by atomic mass is 9.80. The van der Waals surface area contributed by atoms with Crippen molar-refractivity contribution in [1.29, 1.82) is 0 Å². The maximum atomic E-state index is 6.14. The van der Waals surface area contributed by atoms with Crippen LogP contribution < -0.4 is 11.3 Å². The second kappa shape index (κ2) is 4.81. The zero-order chi connectivity index (χ0) is 14.3. The van der Waals surface area contributed by atoms with Gasteiger partial charge in [-0.05, 0) is 47.1 Å². The summed E-state index contributed by atoms with van der Waals surface area (Å²) in [5.74, 6) is 6.80. The molecule has 1 saturated heterocycles. The van der Waals surface area contributed by atoms with Gasteiger partial charge in [0.25, 0.3) is 0 Å². The fourth-order valence-corrected chi connectivity index (χ4v) is 3.18. The molecule has 0 radical (unpaired) electrons. The Hall–Kier alpha value is -1.04. The standard InChI is InChI=1S/C14H24N4O/c1-9-16-7-6-11(17-9)12(18-15)10-8-13(2,3)19-14(10,4)5/h6-7,10,12,18H,8,15H2,1-5H3. The molecule has 5 nitrogen and oxygen atoms in total. The topological polar surface area (TPSA) is 73.1 Å². The molecule has 1 aliphatic heterocycles. The number of hydrazine groups is 1. The first-order valence-electron chi connectivity index (χ1n) is 6.71. The van der Waals surface area contributed by atoms with Crippen molar-refractivity contribution in [2.24, 2.45) is 11.8 Å². The van der Waals surface area contributed by atoms with Crippen LogP contribution in [-0.2, 0) is 4.74 Å². The van der Waals surface area contributed by atoms with E-state index >= 15 is 0 Å². The fraction of sp³-hybridized carbons (Fsp3) is 0.714. The highest BCUT2D eigenvalue weighted by molar-refractivity contribution is 5.13. The van der Waals surface area contributed by atoms with Gasteiger partial charge in [0.15, 0.2) is 0 Å². The van der Waals surface area contributed by atoms with E-state index in [1.165, 1.54) is 0 Å². The maximum absolute atomic E-state index is 6.14. The van der Waals surface area contributed by atoms with Crippen LogP contribution in [-0.4, -0.2) is 21.2 Å². The molecule has 0 spiro atoms. The van der Waals surface area contributed by atoms with Gasteiger partial charge in [0.1, 0.15) is 5.82 Å². The Morgan fingerprint density at radius 1 is 1.42 bits per heavy atom. The average Bonchev–Trinajstić information content (AvgIpc) is 2.48. The molecule has 0 bridgehead atoms. The van der Waals surface area contributed by atoms with E-state index in [2.05, 4.69) is 43.1 Å². The van der Waals surface area contributed by atoms with Crippen molar-refractivity contribution in [3.05, 3.63) is 23.8 Å². The number of nitrogens with one attached hydrogen (secondary N) is 1. The molecule has 0 aliphatic carbocycles. The largest absolute Gasteiger partial charge is 0.369 e. The molecule has 106 valence electrons. The van der Waals surface area contributed by atoms with Gasteiger partial charge in [-0.3, -0.25) is 11.3 Å². The quantitative estimate of drug-likeness (QED) is 0.644. The average molecular weight is 264 g/mol. The highest BCUT2D eigenvalue weighted by Crippen LogP contribution is 2.47. The Bertz CT molecular complexity index is 459. The number of ether oxygens (including phenoxy) is 1. The van der Waals surface area contributed by atoms with E-state index in [9.17, 15) is 0 Å². The normalized spacial score (nSPS) is 26.3. The summed E-state index contributed by atoms with van der Waals surface area (Å²) < 4.78 is 6.14. The van der Waals surface area contributed by atoms with E-state index in [4.69, 9.17) is 10.6 Å². The third-order valence-corrected chi connectivity index (χ3v) is 3.84. The first kappa shape index (κ1) is 14.4. The van der Waals surface area contributed by atoms with Crippen molar-refractivity contribution in [2.45, 2.75) is 58.3 Å². The van der Waals surface area contributed by atoms with Crippen molar-refractivity contribution >= 4 is 0 Å². The molecule has 5 heteroatoms. The van der Waals surface area contributed by atoms with Crippen LogP contribution in [0, 0.1) is 12.8 Å². The Kier molecular flexibility index (Phi) is 3.64. The summed E-state index contributed by atoms with van der Waals surface area (Å²) in [5.41, 5.74) is 3.47. The van der Waals surface area contributed by atoms with Crippen LogP contribution in [0.15, 0.2) is 12.3 Å². The molecule has 1 aliphatic rings. The number of hydrogen-bond acceptors (Lipinski definition) is 5. The number of hydrogen-bond donors (Lipinski definition) is 2. The Labute approximate surface area is 114 Å². The SMILES string of the molecule is Cc1nccc(C(NN)C2CC(C)(C)OC2(C)C)n1. The second-order valence-corrected chi connectivity index (χ2v) is 6.45. The molecular weight excluding hydrogens is 240 g/mol. The van der Waals surface area contributed by atoms with Crippen LogP contribution in [0.5, 0.6) is 0 Å². The van der Waals surface area contributed by atoms with Gasteiger partial charge in [0.05, 0.1) is 22.9 Å². The van der Waals surface area contributed by atoms with Gasteiger partial charge in [-0.2, -0.15) is 0 Å². The predicted molar refractivity (Wildman–Crippen MR) is 74.2 cm³/mol. The minimum Gasteiger partial charge on any atom is -0.369 e. The van der Waals surface area contributed by atoms with Crippen LogP contribution >= 0.6 is 0 Å². The summed E-state index contributed by atoms with van der Waals surface area (Å²) in [6.45, 7) is 10.4. The number of aryl methyl sites for hydroxylation is 1. The van der Waals surface area contributed by atoms with Gasteiger partial charge in [0.2, 0.25) is 0 Å². The lowest BCUT2D eigenvalue weighted by Gasteiger charge is -2.32. The summed E-state index contributed by atoms with van der Waals surface area (Å²) >= 11 is 0. The van der Waals surface area contributed by atoms with Crippen LogP contribution in [0.2, 0.25) is 0 Å². The summed E-state index contributed by atoms with van der Waals surface area (Å²) in [5, 5.41) is 0. The number of rotatable bonds is 3. The van der Waals surface area contributed by atoms with E-state index in [1.807, 2.05) is 13.0 Å². The smallest absolute Gasteiger partial charge is 0.125 e. The van der Waals surface area contributed by atoms with Crippen molar-refractivity contribution < 1.29 is 4.74 Å². The molecule has 1 aromatic rings. The molecular formula is C14H24N4O.